The van der Waals surface area contributed by atoms with Crippen LogP contribution in [0.5, 0.6) is 0 Å². The second-order valence-corrected chi connectivity index (χ2v) is 9.37. The zero-order chi connectivity index (χ0) is 22.9. The summed E-state index contributed by atoms with van der Waals surface area (Å²) in [6.07, 6.45) is 3.36. The number of hydrogen-bond donors (Lipinski definition) is 1. The number of carbonyl (C=O) groups is 2. The molecule has 2 rings (SSSR count). The predicted octanol–water partition coefficient (Wildman–Crippen LogP) is 4.48. The summed E-state index contributed by atoms with van der Waals surface area (Å²) in [6.45, 7) is 2.56. The number of sulfonamides is 1. The van der Waals surface area contributed by atoms with E-state index in [9.17, 15) is 18.0 Å². The highest BCUT2D eigenvalue weighted by Crippen LogP contribution is 2.21. The summed E-state index contributed by atoms with van der Waals surface area (Å²) < 4.78 is 30.6. The van der Waals surface area contributed by atoms with Crippen LogP contribution in [-0.2, 0) is 19.6 Å². The molecule has 0 aliphatic rings. The third kappa shape index (κ3) is 8.22. The Kier molecular flexibility index (Phi) is 9.33. The second-order valence-electron chi connectivity index (χ2n) is 7.03. The third-order valence-electron chi connectivity index (χ3n) is 4.42. The van der Waals surface area contributed by atoms with Crippen molar-refractivity contribution in [3.63, 3.8) is 0 Å². The fourth-order valence-corrected chi connectivity index (χ4v) is 3.87. The van der Waals surface area contributed by atoms with Crippen LogP contribution in [-0.4, -0.2) is 39.7 Å². The van der Waals surface area contributed by atoms with Crippen LogP contribution in [0.4, 0.5) is 11.4 Å². The molecule has 0 radical (unpaired) electrons. The summed E-state index contributed by atoms with van der Waals surface area (Å²) in [6, 6.07) is 12.9. The minimum atomic E-state index is -3.49. The summed E-state index contributed by atoms with van der Waals surface area (Å²) in [4.78, 5) is 24.1. The molecule has 0 unspecified atom stereocenters. The monoisotopic (exact) mass is 466 g/mol. The van der Waals surface area contributed by atoms with Gasteiger partial charge in [-0.1, -0.05) is 24.9 Å². The van der Waals surface area contributed by atoms with Crippen molar-refractivity contribution in [3.8, 4) is 0 Å². The molecule has 0 saturated heterocycles. The van der Waals surface area contributed by atoms with Gasteiger partial charge in [0.1, 0.15) is 0 Å². The van der Waals surface area contributed by atoms with E-state index in [-0.39, 0.29) is 18.9 Å². The molecule has 0 aliphatic heterocycles. The van der Waals surface area contributed by atoms with Crippen LogP contribution in [0, 0.1) is 0 Å². The molecule has 168 valence electrons. The Balaban J connectivity index is 1.86. The molecule has 7 nitrogen and oxygen atoms in total. The number of anilines is 2. The molecule has 31 heavy (non-hydrogen) atoms. The second kappa shape index (κ2) is 11.7. The number of nitrogens with zero attached hydrogens (tertiary/aromatic N) is 1. The van der Waals surface area contributed by atoms with Gasteiger partial charge in [-0.3, -0.25) is 9.10 Å². The minimum Gasteiger partial charge on any atom is -0.462 e. The van der Waals surface area contributed by atoms with Gasteiger partial charge in [0.05, 0.1) is 24.1 Å². The van der Waals surface area contributed by atoms with Crippen LogP contribution in [0.15, 0.2) is 48.5 Å². The molecule has 0 bridgehead atoms. The van der Waals surface area contributed by atoms with E-state index in [4.69, 9.17) is 16.3 Å². The lowest BCUT2D eigenvalue weighted by Gasteiger charge is -2.22. The summed E-state index contributed by atoms with van der Waals surface area (Å²) in [5.74, 6) is -0.641. The van der Waals surface area contributed by atoms with Crippen LogP contribution >= 0.6 is 11.6 Å². The van der Waals surface area contributed by atoms with Gasteiger partial charge < -0.3 is 10.1 Å². The Morgan fingerprint density at radius 1 is 1.03 bits per heavy atom. The van der Waals surface area contributed by atoms with Gasteiger partial charge in [-0.15, -0.1) is 0 Å². The van der Waals surface area contributed by atoms with Gasteiger partial charge in [0.25, 0.3) is 0 Å². The van der Waals surface area contributed by atoms with Crippen molar-refractivity contribution in [1.29, 1.82) is 0 Å². The van der Waals surface area contributed by atoms with Gasteiger partial charge in [0, 0.05) is 23.7 Å². The maximum Gasteiger partial charge on any atom is 0.338 e. The SMILES string of the molecule is CCCCOC(=O)c1ccc(NC(=O)CCCN(c2ccc(Cl)cc2)S(C)(=O)=O)cc1. The summed E-state index contributed by atoms with van der Waals surface area (Å²) in [7, 11) is -3.49. The summed E-state index contributed by atoms with van der Waals surface area (Å²) in [5.41, 5.74) is 1.46. The van der Waals surface area contributed by atoms with Crippen LogP contribution < -0.4 is 9.62 Å². The zero-order valence-electron chi connectivity index (χ0n) is 17.6. The average Bonchev–Trinajstić information content (AvgIpc) is 2.72. The van der Waals surface area contributed by atoms with E-state index in [0.29, 0.717) is 35.0 Å². The molecule has 9 heteroatoms. The molecule has 0 spiro atoms. The largest absolute Gasteiger partial charge is 0.462 e. The van der Waals surface area contributed by atoms with Crippen molar-refractivity contribution in [2.45, 2.75) is 32.6 Å². The fraction of sp³-hybridized carbons (Fsp3) is 0.364. The van der Waals surface area contributed by atoms with Crippen LogP contribution in [0.25, 0.3) is 0 Å². The maximum absolute atomic E-state index is 12.2. The number of hydrogen-bond acceptors (Lipinski definition) is 5. The number of benzene rings is 2. The van der Waals surface area contributed by atoms with E-state index in [1.54, 1.807) is 48.5 Å². The number of nitrogens with one attached hydrogen (secondary N) is 1. The number of rotatable bonds is 11. The molecule has 2 aromatic rings. The van der Waals surface area contributed by atoms with Gasteiger partial charge in [-0.25, -0.2) is 13.2 Å². The van der Waals surface area contributed by atoms with Crippen molar-refractivity contribution in [3.05, 3.63) is 59.1 Å². The Morgan fingerprint density at radius 3 is 2.26 bits per heavy atom. The van der Waals surface area contributed by atoms with Crippen LogP contribution in [0.3, 0.4) is 0 Å². The van der Waals surface area contributed by atoms with Crippen LogP contribution in [0.2, 0.25) is 5.02 Å². The zero-order valence-corrected chi connectivity index (χ0v) is 19.2. The lowest BCUT2D eigenvalue weighted by atomic mass is 10.2. The molecule has 0 heterocycles. The number of ether oxygens (including phenoxy) is 1. The van der Waals surface area contributed by atoms with Crippen molar-refractivity contribution in [2.75, 3.05) is 29.0 Å². The minimum absolute atomic E-state index is 0.139. The van der Waals surface area contributed by atoms with Gasteiger partial charge >= 0.3 is 5.97 Å². The van der Waals surface area contributed by atoms with E-state index >= 15 is 0 Å². The topological polar surface area (TPSA) is 92.8 Å². The highest BCUT2D eigenvalue weighted by Gasteiger charge is 2.17. The van der Waals surface area contributed by atoms with Gasteiger partial charge in [0.15, 0.2) is 0 Å². The normalized spacial score (nSPS) is 11.1. The Morgan fingerprint density at radius 2 is 1.68 bits per heavy atom. The van der Waals surface area contributed by atoms with Crippen molar-refractivity contribution in [2.24, 2.45) is 0 Å². The van der Waals surface area contributed by atoms with E-state index in [1.807, 2.05) is 6.92 Å². The Hall–Kier alpha value is -2.58. The number of esters is 1. The first-order valence-corrected chi connectivity index (χ1v) is 12.2. The quantitative estimate of drug-likeness (QED) is 0.389. The molecule has 0 aromatic heterocycles. The Bertz CT molecular complexity index is 976. The maximum atomic E-state index is 12.2. The third-order valence-corrected chi connectivity index (χ3v) is 5.86. The van der Waals surface area contributed by atoms with Crippen molar-refractivity contribution < 1.29 is 22.7 Å². The predicted molar refractivity (Wildman–Crippen MR) is 123 cm³/mol. The smallest absolute Gasteiger partial charge is 0.338 e. The number of unbranched alkanes of at least 4 members (excludes halogenated alkanes) is 1. The molecular weight excluding hydrogens is 440 g/mol. The molecule has 1 N–H and O–H groups in total. The fourth-order valence-electron chi connectivity index (χ4n) is 2.78. The Labute approximate surface area is 188 Å². The van der Waals surface area contributed by atoms with E-state index in [2.05, 4.69) is 5.32 Å². The molecule has 2 aromatic carbocycles. The highest BCUT2D eigenvalue weighted by molar-refractivity contribution is 7.92. The molecule has 0 fully saturated rings. The first-order chi connectivity index (χ1) is 14.7. The van der Waals surface area contributed by atoms with Crippen molar-refractivity contribution in [1.82, 2.24) is 0 Å². The molecule has 0 atom stereocenters. The molecule has 0 saturated carbocycles. The van der Waals surface area contributed by atoms with Crippen molar-refractivity contribution >= 4 is 44.9 Å². The number of carbonyl (C=O) groups excluding carboxylic acids is 2. The van der Waals surface area contributed by atoms with Gasteiger partial charge in [-0.2, -0.15) is 0 Å². The van der Waals surface area contributed by atoms with Gasteiger partial charge in [-0.05, 0) is 61.4 Å². The molecular formula is C22H27ClN2O5S. The standard InChI is InChI=1S/C22H27ClN2O5S/c1-3-4-16-30-22(27)17-7-11-19(12-8-17)24-21(26)6-5-15-25(31(2,28)29)20-13-9-18(23)10-14-20/h7-14H,3-6,15-16H2,1-2H3,(H,24,26). The molecule has 0 aliphatic carbocycles. The van der Waals surface area contributed by atoms with E-state index < -0.39 is 16.0 Å². The first-order valence-electron chi connectivity index (χ1n) is 10.0. The molecule has 1 amide bonds. The van der Waals surface area contributed by atoms with E-state index in [1.165, 1.54) is 4.31 Å². The average molecular weight is 467 g/mol. The number of halogens is 1. The van der Waals surface area contributed by atoms with Gasteiger partial charge in [0.2, 0.25) is 15.9 Å². The lowest BCUT2D eigenvalue weighted by molar-refractivity contribution is -0.116. The van der Waals surface area contributed by atoms with E-state index in [0.717, 1.165) is 19.1 Å². The lowest BCUT2D eigenvalue weighted by Crippen LogP contribution is -2.31. The first kappa shape index (κ1) is 24.7. The van der Waals surface area contributed by atoms with Crippen LogP contribution in [0.1, 0.15) is 43.0 Å². The summed E-state index contributed by atoms with van der Waals surface area (Å²) >= 11 is 5.86. The number of amides is 1. The highest BCUT2D eigenvalue weighted by atomic mass is 35.5. The summed E-state index contributed by atoms with van der Waals surface area (Å²) in [5, 5.41) is 3.25.